The third-order valence-corrected chi connectivity index (χ3v) is 3.38. The molecule has 1 aromatic heterocycles. The Morgan fingerprint density at radius 2 is 2.18 bits per heavy atom. The molecule has 0 aliphatic carbocycles. The Morgan fingerprint density at radius 3 is 2.88 bits per heavy atom. The highest BCUT2D eigenvalue weighted by atomic mass is 35.5. The summed E-state index contributed by atoms with van der Waals surface area (Å²) in [6.45, 7) is 6.12. The van der Waals surface area contributed by atoms with E-state index in [9.17, 15) is 0 Å². The summed E-state index contributed by atoms with van der Waals surface area (Å²) in [5.74, 6) is 1.33. The SMILES string of the molecule is Cc1cc(OCCN2CCCC2)c(CCl)cn1. The Hall–Kier alpha value is -0.800. The minimum atomic E-state index is 0.451. The van der Waals surface area contributed by atoms with E-state index in [2.05, 4.69) is 9.88 Å². The highest BCUT2D eigenvalue weighted by Gasteiger charge is 2.11. The lowest BCUT2D eigenvalue weighted by Gasteiger charge is -2.16. The van der Waals surface area contributed by atoms with Crippen LogP contribution in [0.4, 0.5) is 0 Å². The van der Waals surface area contributed by atoms with Gasteiger partial charge in [-0.1, -0.05) is 0 Å². The molecular weight excluding hydrogens is 236 g/mol. The number of likely N-dealkylation sites (tertiary alicyclic amines) is 1. The number of alkyl halides is 1. The molecule has 0 radical (unpaired) electrons. The van der Waals surface area contributed by atoms with E-state index in [1.165, 1.54) is 25.9 Å². The molecule has 1 fully saturated rings. The first-order valence-corrected chi connectivity index (χ1v) is 6.69. The van der Waals surface area contributed by atoms with Crippen molar-refractivity contribution in [2.45, 2.75) is 25.6 Å². The molecule has 0 unspecified atom stereocenters. The molecular formula is C13H19ClN2O. The summed E-state index contributed by atoms with van der Waals surface area (Å²) in [5, 5.41) is 0. The molecule has 1 aromatic rings. The molecule has 17 heavy (non-hydrogen) atoms. The molecule has 1 saturated heterocycles. The van der Waals surface area contributed by atoms with Gasteiger partial charge < -0.3 is 4.74 Å². The van der Waals surface area contributed by atoms with Crippen molar-refractivity contribution < 1.29 is 4.74 Å². The second-order valence-corrected chi connectivity index (χ2v) is 4.73. The van der Waals surface area contributed by atoms with Crippen LogP contribution in [0, 0.1) is 6.92 Å². The van der Waals surface area contributed by atoms with Crippen molar-refractivity contribution in [2.75, 3.05) is 26.2 Å². The second-order valence-electron chi connectivity index (χ2n) is 4.46. The van der Waals surface area contributed by atoms with Crippen LogP contribution in [0.15, 0.2) is 12.3 Å². The van der Waals surface area contributed by atoms with Crippen LogP contribution in [0.2, 0.25) is 0 Å². The van der Waals surface area contributed by atoms with E-state index in [0.717, 1.165) is 30.2 Å². The van der Waals surface area contributed by atoms with Crippen molar-refractivity contribution in [3.63, 3.8) is 0 Å². The fourth-order valence-corrected chi connectivity index (χ4v) is 2.29. The Bertz CT molecular complexity index is 364. The van der Waals surface area contributed by atoms with Crippen molar-refractivity contribution in [2.24, 2.45) is 0 Å². The highest BCUT2D eigenvalue weighted by molar-refractivity contribution is 6.17. The van der Waals surface area contributed by atoms with Crippen molar-refractivity contribution in [1.82, 2.24) is 9.88 Å². The van der Waals surface area contributed by atoms with Gasteiger partial charge in [0.1, 0.15) is 12.4 Å². The van der Waals surface area contributed by atoms with Crippen molar-refractivity contribution >= 4 is 11.6 Å². The Labute approximate surface area is 108 Å². The summed E-state index contributed by atoms with van der Waals surface area (Å²) in [5.41, 5.74) is 1.94. The highest BCUT2D eigenvalue weighted by Crippen LogP contribution is 2.20. The van der Waals surface area contributed by atoms with Crippen LogP contribution in [0.1, 0.15) is 24.1 Å². The third-order valence-electron chi connectivity index (χ3n) is 3.09. The Kier molecular flexibility index (Phi) is 4.63. The first kappa shape index (κ1) is 12.7. The molecule has 1 aliphatic rings. The maximum absolute atomic E-state index is 5.86. The fourth-order valence-electron chi connectivity index (χ4n) is 2.09. The largest absolute Gasteiger partial charge is 0.492 e. The maximum atomic E-state index is 5.86. The van der Waals surface area contributed by atoms with Gasteiger partial charge in [-0.2, -0.15) is 0 Å². The molecule has 0 saturated carbocycles. The van der Waals surface area contributed by atoms with E-state index in [1.54, 1.807) is 6.20 Å². The minimum absolute atomic E-state index is 0.451. The quantitative estimate of drug-likeness (QED) is 0.756. The zero-order valence-corrected chi connectivity index (χ0v) is 11.0. The average molecular weight is 255 g/mol. The zero-order valence-electron chi connectivity index (χ0n) is 10.3. The van der Waals surface area contributed by atoms with Crippen LogP contribution in [-0.4, -0.2) is 36.1 Å². The van der Waals surface area contributed by atoms with E-state index in [1.807, 2.05) is 13.0 Å². The molecule has 0 N–H and O–H groups in total. The molecule has 94 valence electrons. The van der Waals surface area contributed by atoms with Gasteiger partial charge >= 0.3 is 0 Å². The molecule has 4 heteroatoms. The molecule has 3 nitrogen and oxygen atoms in total. The molecule has 0 aromatic carbocycles. The van der Waals surface area contributed by atoms with Gasteiger partial charge in [0.15, 0.2) is 0 Å². The summed E-state index contributed by atoms with van der Waals surface area (Å²) < 4.78 is 5.80. The van der Waals surface area contributed by atoms with Crippen LogP contribution in [0.25, 0.3) is 0 Å². The van der Waals surface area contributed by atoms with Gasteiger partial charge in [-0.25, -0.2) is 0 Å². The van der Waals surface area contributed by atoms with Crippen molar-refractivity contribution in [3.8, 4) is 5.75 Å². The number of ether oxygens (including phenoxy) is 1. The number of hydrogen-bond acceptors (Lipinski definition) is 3. The molecule has 2 rings (SSSR count). The summed E-state index contributed by atoms with van der Waals surface area (Å²) in [6, 6.07) is 1.96. The summed E-state index contributed by atoms with van der Waals surface area (Å²) in [6.07, 6.45) is 4.44. The number of hydrogen-bond donors (Lipinski definition) is 0. The molecule has 0 bridgehead atoms. The predicted molar refractivity (Wildman–Crippen MR) is 69.7 cm³/mol. The Morgan fingerprint density at radius 1 is 1.41 bits per heavy atom. The molecule has 1 aliphatic heterocycles. The van der Waals surface area contributed by atoms with Crippen molar-refractivity contribution in [1.29, 1.82) is 0 Å². The van der Waals surface area contributed by atoms with Crippen LogP contribution in [0.5, 0.6) is 5.75 Å². The average Bonchev–Trinajstić information content (AvgIpc) is 2.82. The van der Waals surface area contributed by atoms with Crippen LogP contribution in [-0.2, 0) is 5.88 Å². The topological polar surface area (TPSA) is 25.4 Å². The lowest BCUT2D eigenvalue weighted by Crippen LogP contribution is -2.25. The third kappa shape index (κ3) is 3.58. The second kappa shape index (κ2) is 6.22. The standard InChI is InChI=1S/C13H19ClN2O/c1-11-8-13(12(9-14)10-15-11)17-7-6-16-4-2-3-5-16/h8,10H,2-7,9H2,1H3. The maximum Gasteiger partial charge on any atom is 0.127 e. The van der Waals surface area contributed by atoms with E-state index < -0.39 is 0 Å². The number of rotatable bonds is 5. The number of nitrogens with zero attached hydrogens (tertiary/aromatic N) is 2. The first-order valence-electron chi connectivity index (χ1n) is 6.16. The van der Waals surface area contributed by atoms with E-state index >= 15 is 0 Å². The van der Waals surface area contributed by atoms with Gasteiger partial charge in [0, 0.05) is 30.1 Å². The summed E-state index contributed by atoms with van der Waals surface area (Å²) in [4.78, 5) is 6.66. The fraction of sp³-hybridized carbons (Fsp3) is 0.615. The number of pyridine rings is 1. The van der Waals surface area contributed by atoms with E-state index in [-0.39, 0.29) is 0 Å². The molecule has 0 spiro atoms. The lowest BCUT2D eigenvalue weighted by molar-refractivity contribution is 0.236. The van der Waals surface area contributed by atoms with Gasteiger partial charge in [-0.3, -0.25) is 9.88 Å². The van der Waals surface area contributed by atoms with Gasteiger partial charge in [0.05, 0.1) is 5.88 Å². The van der Waals surface area contributed by atoms with Gasteiger partial charge in [0.2, 0.25) is 0 Å². The molecule has 0 amide bonds. The monoisotopic (exact) mass is 254 g/mol. The van der Waals surface area contributed by atoms with Gasteiger partial charge in [-0.15, -0.1) is 11.6 Å². The van der Waals surface area contributed by atoms with Crippen LogP contribution in [0.3, 0.4) is 0 Å². The zero-order chi connectivity index (χ0) is 12.1. The minimum Gasteiger partial charge on any atom is -0.492 e. The molecule has 2 heterocycles. The number of aryl methyl sites for hydroxylation is 1. The van der Waals surface area contributed by atoms with Crippen LogP contribution >= 0.6 is 11.6 Å². The van der Waals surface area contributed by atoms with Crippen molar-refractivity contribution in [3.05, 3.63) is 23.5 Å². The summed E-state index contributed by atoms with van der Waals surface area (Å²) in [7, 11) is 0. The normalized spacial score (nSPS) is 16.4. The van der Waals surface area contributed by atoms with E-state index in [4.69, 9.17) is 16.3 Å². The van der Waals surface area contributed by atoms with E-state index in [0.29, 0.717) is 5.88 Å². The Balaban J connectivity index is 1.86. The summed E-state index contributed by atoms with van der Waals surface area (Å²) >= 11 is 5.86. The first-order chi connectivity index (χ1) is 8.29. The number of aromatic nitrogens is 1. The number of halogens is 1. The van der Waals surface area contributed by atoms with Crippen LogP contribution < -0.4 is 4.74 Å². The predicted octanol–water partition coefficient (Wildman–Crippen LogP) is 2.60. The smallest absolute Gasteiger partial charge is 0.127 e. The van der Waals surface area contributed by atoms with Gasteiger partial charge in [-0.05, 0) is 32.9 Å². The lowest BCUT2D eigenvalue weighted by atomic mass is 10.2. The van der Waals surface area contributed by atoms with Gasteiger partial charge in [0.25, 0.3) is 0 Å². The molecule has 0 atom stereocenters.